The van der Waals surface area contributed by atoms with E-state index >= 15 is 0 Å². The number of nitrogens with one attached hydrogen (secondary N) is 3. The van der Waals surface area contributed by atoms with Gasteiger partial charge in [0, 0.05) is 0 Å². The van der Waals surface area contributed by atoms with Crippen molar-refractivity contribution in [2.45, 2.75) is 34.6 Å². The van der Waals surface area contributed by atoms with Gasteiger partial charge in [-0.2, -0.15) is 25.6 Å². The van der Waals surface area contributed by atoms with Crippen molar-refractivity contribution < 1.29 is 0 Å². The van der Waals surface area contributed by atoms with Crippen LogP contribution in [-0.2, 0) is 0 Å². The van der Waals surface area contributed by atoms with Crippen LogP contribution in [-0.4, -0.2) is 45.8 Å². The molecule has 108 valence electrons. The van der Waals surface area contributed by atoms with Gasteiger partial charge in [0.2, 0.25) is 0 Å². The van der Waals surface area contributed by atoms with E-state index in [1.807, 2.05) is 34.6 Å². The second kappa shape index (κ2) is 7.77. The number of aromatic amines is 3. The first-order valence-electron chi connectivity index (χ1n) is 6.00. The first-order chi connectivity index (χ1) is 9.49. The van der Waals surface area contributed by atoms with Crippen LogP contribution in [0.5, 0.6) is 0 Å². The number of H-pyrrole nitrogens is 3. The van der Waals surface area contributed by atoms with Crippen molar-refractivity contribution in [3.8, 4) is 0 Å². The molecule has 9 heteroatoms. The summed E-state index contributed by atoms with van der Waals surface area (Å²) in [7, 11) is 0. The van der Waals surface area contributed by atoms with Gasteiger partial charge in [0.15, 0.2) is 0 Å². The maximum absolute atomic E-state index is 3.94. The highest BCUT2D eigenvalue weighted by molar-refractivity contribution is 5.01. The van der Waals surface area contributed by atoms with Crippen LogP contribution in [0.25, 0.3) is 0 Å². The number of nitrogens with zero attached hydrogens (tertiary/aromatic N) is 6. The Bertz CT molecular complexity index is 560. The minimum atomic E-state index is 0.803. The molecule has 0 unspecified atom stereocenters. The molecule has 20 heavy (non-hydrogen) atoms. The smallest absolute Gasteiger partial charge is 0.147 e. The highest BCUT2D eigenvalue weighted by Gasteiger charge is 1.90. The lowest BCUT2D eigenvalue weighted by molar-refractivity contribution is 0.921. The van der Waals surface area contributed by atoms with Crippen molar-refractivity contribution in [2.24, 2.45) is 0 Å². The zero-order chi connectivity index (χ0) is 15.0. The van der Waals surface area contributed by atoms with Crippen molar-refractivity contribution in [1.29, 1.82) is 0 Å². The van der Waals surface area contributed by atoms with Crippen molar-refractivity contribution in [3.63, 3.8) is 0 Å². The van der Waals surface area contributed by atoms with Crippen molar-refractivity contribution in [1.82, 2.24) is 45.8 Å². The Kier molecular flexibility index (Phi) is 6.01. The van der Waals surface area contributed by atoms with E-state index in [0.717, 1.165) is 28.9 Å². The second-order valence-electron chi connectivity index (χ2n) is 4.03. The second-order valence-corrected chi connectivity index (χ2v) is 4.03. The lowest BCUT2D eigenvalue weighted by Gasteiger charge is -1.74. The summed E-state index contributed by atoms with van der Waals surface area (Å²) in [5, 5.41) is 22.8. The number of hydrogen-bond donors (Lipinski definition) is 3. The van der Waals surface area contributed by atoms with Crippen LogP contribution in [0.2, 0.25) is 0 Å². The third-order valence-corrected chi connectivity index (χ3v) is 2.20. The summed E-state index contributed by atoms with van der Waals surface area (Å²) >= 11 is 0. The Morgan fingerprint density at radius 2 is 1.45 bits per heavy atom. The van der Waals surface area contributed by atoms with Crippen molar-refractivity contribution in [3.05, 3.63) is 35.2 Å². The molecule has 3 aromatic heterocycles. The van der Waals surface area contributed by atoms with Gasteiger partial charge in [0.25, 0.3) is 0 Å². The van der Waals surface area contributed by atoms with Gasteiger partial charge in [0.1, 0.15) is 23.8 Å². The maximum Gasteiger partial charge on any atom is 0.147 e. The molecule has 0 saturated heterocycles. The highest BCUT2D eigenvalue weighted by atomic mass is 15.3. The van der Waals surface area contributed by atoms with E-state index in [1.165, 1.54) is 6.33 Å². The molecule has 0 aliphatic carbocycles. The molecule has 9 nitrogen and oxygen atoms in total. The minimum absolute atomic E-state index is 0.803. The van der Waals surface area contributed by atoms with Gasteiger partial charge < -0.3 is 0 Å². The molecule has 3 rings (SSSR count). The van der Waals surface area contributed by atoms with Crippen LogP contribution in [0, 0.1) is 34.6 Å². The van der Waals surface area contributed by atoms with Gasteiger partial charge in [-0.3, -0.25) is 10.2 Å². The van der Waals surface area contributed by atoms with E-state index in [9.17, 15) is 0 Å². The van der Waals surface area contributed by atoms with Crippen LogP contribution in [0.3, 0.4) is 0 Å². The molecule has 0 fully saturated rings. The molecule has 3 aromatic rings. The van der Waals surface area contributed by atoms with Crippen molar-refractivity contribution in [2.75, 3.05) is 0 Å². The van der Waals surface area contributed by atoms with Crippen LogP contribution < -0.4 is 0 Å². The molecule has 0 bridgehead atoms. The molecule has 3 heterocycles. The normalized spacial score (nSPS) is 9.25. The van der Waals surface area contributed by atoms with Crippen LogP contribution >= 0.6 is 0 Å². The third kappa shape index (κ3) is 5.85. The molecular formula is C11H19N9. The molecule has 3 N–H and O–H groups in total. The topological polar surface area (TPSA) is 125 Å². The van der Waals surface area contributed by atoms with Gasteiger partial charge >= 0.3 is 0 Å². The predicted octanol–water partition coefficient (Wildman–Crippen LogP) is 0.956. The van der Waals surface area contributed by atoms with Gasteiger partial charge in [0.05, 0.1) is 11.4 Å². The molecular weight excluding hydrogens is 258 g/mol. The standard InChI is InChI=1S/2C4H7N3.C3H5N3/c1-3-5-4(2)7-6-3;1-3-4(2)6-7-5-3;1-3-4-2-5-6-3/h2*1-2H3,(H,5,6,7);2H,1H3,(H,4,5,6). The number of rotatable bonds is 0. The van der Waals surface area contributed by atoms with E-state index in [1.54, 1.807) is 0 Å². The van der Waals surface area contributed by atoms with Gasteiger partial charge in [-0.15, -0.1) is 0 Å². The largest absolute Gasteiger partial charge is 0.264 e. The zero-order valence-corrected chi connectivity index (χ0v) is 12.3. The number of aryl methyl sites for hydroxylation is 5. The van der Waals surface area contributed by atoms with E-state index in [4.69, 9.17) is 0 Å². The lowest BCUT2D eigenvalue weighted by atomic mass is 10.4. The summed E-state index contributed by atoms with van der Waals surface area (Å²) in [4.78, 5) is 7.69. The van der Waals surface area contributed by atoms with Crippen LogP contribution in [0.4, 0.5) is 0 Å². The predicted molar refractivity (Wildman–Crippen MR) is 72.8 cm³/mol. The highest BCUT2D eigenvalue weighted by Crippen LogP contribution is 1.91. The Hall–Kier alpha value is -2.58. The summed E-state index contributed by atoms with van der Waals surface area (Å²) in [6, 6.07) is 0. The van der Waals surface area contributed by atoms with E-state index in [2.05, 4.69) is 45.8 Å². The third-order valence-electron chi connectivity index (χ3n) is 2.20. The summed E-state index contributed by atoms with van der Waals surface area (Å²) in [6.45, 7) is 9.41. The molecule has 0 radical (unpaired) electrons. The first kappa shape index (κ1) is 15.5. The summed E-state index contributed by atoms with van der Waals surface area (Å²) in [5.74, 6) is 2.53. The van der Waals surface area contributed by atoms with Gasteiger partial charge in [-0.25, -0.2) is 9.97 Å². The maximum atomic E-state index is 3.94. The lowest BCUT2D eigenvalue weighted by Crippen LogP contribution is -1.71. The minimum Gasteiger partial charge on any atom is -0.264 e. The Morgan fingerprint density at radius 1 is 0.800 bits per heavy atom. The van der Waals surface area contributed by atoms with Gasteiger partial charge in [-0.05, 0) is 34.6 Å². The summed E-state index contributed by atoms with van der Waals surface area (Å²) in [6.07, 6.45) is 1.48. The fraction of sp³-hybridized carbons (Fsp3) is 0.455. The Balaban J connectivity index is 0.000000151. The fourth-order valence-corrected chi connectivity index (χ4v) is 1.06. The average Bonchev–Trinajstić information content (AvgIpc) is 3.09. The number of aromatic nitrogens is 9. The molecule has 0 aliphatic rings. The number of hydrogen-bond acceptors (Lipinski definition) is 6. The molecule has 0 aliphatic heterocycles. The SMILES string of the molecule is Cc1n[nH]c(C)n1.Cc1n[nH]nc1C.Cc1ncn[nH]1. The molecule has 0 spiro atoms. The molecule has 0 aromatic carbocycles. The molecule has 0 amide bonds. The zero-order valence-electron chi connectivity index (χ0n) is 12.3. The first-order valence-corrected chi connectivity index (χ1v) is 6.00. The molecule has 0 saturated carbocycles. The summed E-state index contributed by atoms with van der Waals surface area (Å²) in [5.41, 5.74) is 1.94. The fourth-order valence-electron chi connectivity index (χ4n) is 1.06. The van der Waals surface area contributed by atoms with E-state index in [-0.39, 0.29) is 0 Å². The van der Waals surface area contributed by atoms with E-state index in [0.29, 0.717) is 0 Å². The summed E-state index contributed by atoms with van der Waals surface area (Å²) < 4.78 is 0. The van der Waals surface area contributed by atoms with Crippen LogP contribution in [0.15, 0.2) is 6.33 Å². The van der Waals surface area contributed by atoms with Gasteiger partial charge in [-0.1, -0.05) is 0 Å². The Morgan fingerprint density at radius 3 is 1.60 bits per heavy atom. The molecule has 0 atom stereocenters. The monoisotopic (exact) mass is 277 g/mol. The average molecular weight is 277 g/mol. The quantitative estimate of drug-likeness (QED) is 0.562. The van der Waals surface area contributed by atoms with E-state index < -0.39 is 0 Å². The van der Waals surface area contributed by atoms with Crippen molar-refractivity contribution >= 4 is 0 Å². The van der Waals surface area contributed by atoms with Crippen LogP contribution in [0.1, 0.15) is 28.9 Å². The Labute approximate surface area is 116 Å².